The number of fused-ring (bicyclic) bond motifs is 1. The van der Waals surface area contributed by atoms with Crippen LogP contribution in [-0.2, 0) is 10.2 Å². The van der Waals surface area contributed by atoms with Crippen molar-refractivity contribution in [3.63, 3.8) is 0 Å². The van der Waals surface area contributed by atoms with E-state index in [0.29, 0.717) is 6.42 Å². The number of carbonyl (C=O) groups is 1. The van der Waals surface area contributed by atoms with Crippen molar-refractivity contribution in [2.24, 2.45) is 5.41 Å². The van der Waals surface area contributed by atoms with Crippen LogP contribution in [-0.4, -0.2) is 39.1 Å². The molecule has 3 N–H and O–H groups in total. The van der Waals surface area contributed by atoms with E-state index in [-0.39, 0.29) is 35.7 Å². The Balaban J connectivity index is 1.48. The van der Waals surface area contributed by atoms with Gasteiger partial charge in [0.25, 0.3) is 0 Å². The molecule has 10 heteroatoms. The van der Waals surface area contributed by atoms with Gasteiger partial charge < -0.3 is 15.3 Å². The molecule has 0 fully saturated rings. The molecule has 3 atom stereocenters. The summed E-state index contributed by atoms with van der Waals surface area (Å²) in [5.41, 5.74) is 0.871. The van der Waals surface area contributed by atoms with Crippen LogP contribution in [0, 0.1) is 5.41 Å². The maximum Gasteiger partial charge on any atom is 0.453 e. The lowest BCUT2D eigenvalue weighted by Gasteiger charge is -2.43. The molecule has 0 spiro atoms. The number of aromatic hydroxyl groups is 2. The van der Waals surface area contributed by atoms with Crippen molar-refractivity contribution in [3.8, 4) is 11.5 Å². The van der Waals surface area contributed by atoms with E-state index in [9.17, 15) is 42.1 Å². The lowest BCUT2D eigenvalue weighted by atomic mass is 9.68. The number of rotatable bonds is 15. The van der Waals surface area contributed by atoms with Crippen molar-refractivity contribution < 1.29 is 42.1 Å². The number of carboxylic acids is 1. The van der Waals surface area contributed by atoms with Crippen LogP contribution in [0.2, 0.25) is 0 Å². The van der Waals surface area contributed by atoms with Crippen LogP contribution >= 0.6 is 11.8 Å². The van der Waals surface area contributed by atoms with Gasteiger partial charge in [0.15, 0.2) is 0 Å². The van der Waals surface area contributed by atoms with E-state index in [1.807, 2.05) is 24.3 Å². The molecule has 4 nitrogen and oxygen atoms in total. The number of aliphatic carboxylic acids is 1. The summed E-state index contributed by atoms with van der Waals surface area (Å²) in [6, 6.07) is 12.9. The maximum atomic E-state index is 13.2. The summed E-state index contributed by atoms with van der Waals surface area (Å²) in [7, 11) is 0. The number of hydrogen-bond acceptors (Lipinski definition) is 4. The van der Waals surface area contributed by atoms with Crippen molar-refractivity contribution in [3.05, 3.63) is 53.6 Å². The fourth-order valence-corrected chi connectivity index (χ4v) is 7.36. The Hall–Kier alpha value is -2.49. The second kappa shape index (κ2) is 13.9. The highest BCUT2D eigenvalue weighted by Gasteiger charge is 2.56. The zero-order valence-electron chi connectivity index (χ0n) is 24.2. The second-order valence-corrected chi connectivity index (χ2v) is 13.1. The van der Waals surface area contributed by atoms with Gasteiger partial charge >= 0.3 is 18.1 Å². The summed E-state index contributed by atoms with van der Waals surface area (Å²) in [5.74, 6) is -4.46. The molecule has 234 valence electrons. The molecule has 1 heterocycles. The Morgan fingerprint density at radius 3 is 2.05 bits per heavy atom. The van der Waals surface area contributed by atoms with Gasteiger partial charge in [-0.2, -0.15) is 22.0 Å². The molecule has 0 radical (unpaired) electrons. The van der Waals surface area contributed by atoms with Gasteiger partial charge in [0, 0.05) is 22.5 Å². The average molecular weight is 617 g/mol. The predicted octanol–water partition coefficient (Wildman–Crippen LogP) is 9.82. The highest BCUT2D eigenvalue weighted by atomic mass is 32.2. The Labute approximate surface area is 248 Å². The van der Waals surface area contributed by atoms with Crippen molar-refractivity contribution >= 4 is 17.7 Å². The largest absolute Gasteiger partial charge is 0.508 e. The number of phenols is 2. The first-order valence-corrected chi connectivity index (χ1v) is 15.5. The topological polar surface area (TPSA) is 77.8 Å². The van der Waals surface area contributed by atoms with E-state index < -0.39 is 36.3 Å². The summed E-state index contributed by atoms with van der Waals surface area (Å²) < 4.78 is 63.7. The molecule has 0 aromatic heterocycles. The highest BCUT2D eigenvalue weighted by molar-refractivity contribution is 7.99. The molecule has 0 amide bonds. The monoisotopic (exact) mass is 616 g/mol. The Morgan fingerprint density at radius 2 is 1.43 bits per heavy atom. The van der Waals surface area contributed by atoms with E-state index in [0.717, 1.165) is 54.7 Å². The summed E-state index contributed by atoms with van der Waals surface area (Å²) >= 11 is 1.72. The first-order valence-electron chi connectivity index (χ1n) is 14.5. The highest BCUT2D eigenvalue weighted by Crippen LogP contribution is 2.52. The first-order chi connectivity index (χ1) is 19.6. The van der Waals surface area contributed by atoms with Gasteiger partial charge in [-0.1, -0.05) is 63.6 Å². The minimum absolute atomic E-state index is 0.159. The summed E-state index contributed by atoms with van der Waals surface area (Å²) in [6.07, 6.45) is -1.51. The first kappa shape index (κ1) is 34.0. The second-order valence-electron chi connectivity index (χ2n) is 12.1. The summed E-state index contributed by atoms with van der Waals surface area (Å²) in [5, 5.41) is 29.4. The van der Waals surface area contributed by atoms with Gasteiger partial charge in [-0.3, -0.25) is 4.79 Å². The zero-order valence-corrected chi connectivity index (χ0v) is 25.0. The molecule has 2 aromatic carbocycles. The average Bonchev–Trinajstić information content (AvgIpc) is 2.90. The number of thioether (sulfide) groups is 1. The Morgan fingerprint density at radius 1 is 0.857 bits per heavy atom. The quantitative estimate of drug-likeness (QED) is 0.137. The molecule has 42 heavy (non-hydrogen) atoms. The summed E-state index contributed by atoms with van der Waals surface area (Å²) in [6.45, 7) is 3.67. The molecule has 0 aliphatic carbocycles. The van der Waals surface area contributed by atoms with E-state index in [2.05, 4.69) is 6.92 Å². The number of alkyl halides is 5. The molecule has 0 bridgehead atoms. The van der Waals surface area contributed by atoms with Crippen molar-refractivity contribution in [2.45, 2.75) is 113 Å². The van der Waals surface area contributed by atoms with Crippen molar-refractivity contribution in [1.82, 2.24) is 0 Å². The van der Waals surface area contributed by atoms with Crippen LogP contribution in [0.1, 0.15) is 102 Å². The number of phenolic OH excluding ortho intramolecular Hbond substituents is 2. The van der Waals surface area contributed by atoms with Gasteiger partial charge in [0.1, 0.15) is 11.5 Å². The maximum absolute atomic E-state index is 13.2. The number of carboxylic acid groups (broad SMARTS) is 1. The molecule has 1 aliphatic rings. The fraction of sp³-hybridized carbons (Fsp3) is 0.594. The number of benzene rings is 2. The Bertz CT molecular complexity index is 1190. The lowest BCUT2D eigenvalue weighted by molar-refractivity contribution is -0.284. The molecule has 3 rings (SSSR count). The SMILES string of the molecule is CC(CCCCCCCCC1c2ccc(O)cc2SCC1(C)c1ccc(O)cc1)(CCCC(F)(F)C(F)(F)F)C(=O)O. The van der Waals surface area contributed by atoms with Crippen molar-refractivity contribution in [2.75, 3.05) is 5.75 Å². The van der Waals surface area contributed by atoms with Crippen LogP contribution in [0.4, 0.5) is 22.0 Å². The van der Waals surface area contributed by atoms with Gasteiger partial charge in [0.2, 0.25) is 0 Å². The van der Waals surface area contributed by atoms with E-state index >= 15 is 0 Å². The van der Waals surface area contributed by atoms with E-state index in [1.54, 1.807) is 30.0 Å². The minimum atomic E-state index is -5.63. The summed E-state index contributed by atoms with van der Waals surface area (Å²) in [4.78, 5) is 12.9. The smallest absolute Gasteiger partial charge is 0.453 e. The number of halogens is 5. The lowest BCUT2D eigenvalue weighted by Crippen LogP contribution is -2.37. The molecule has 0 saturated heterocycles. The van der Waals surface area contributed by atoms with Crippen LogP contribution in [0.3, 0.4) is 0 Å². The predicted molar refractivity (Wildman–Crippen MR) is 155 cm³/mol. The number of unbranched alkanes of at least 4 members (excludes halogenated alkanes) is 5. The standard InChI is InChI=1S/C32H41F5O4S/c1-29(28(40)41,18-9-19-31(33,34)32(35,36)37)17-8-6-4-3-5-7-10-26-25-16-15-24(39)20-27(25)42-21-30(26,2)22-11-13-23(38)14-12-22/h11-16,20,26,38-39H,3-10,17-19,21H2,1-2H3,(H,40,41). The van der Waals surface area contributed by atoms with Crippen LogP contribution in [0.5, 0.6) is 11.5 Å². The molecule has 2 aromatic rings. The number of hydrogen-bond donors (Lipinski definition) is 3. The van der Waals surface area contributed by atoms with Gasteiger partial charge in [-0.25, -0.2) is 0 Å². The normalized spacial score (nSPS) is 20.6. The zero-order chi connectivity index (χ0) is 31.2. The van der Waals surface area contributed by atoms with Crippen LogP contribution in [0.25, 0.3) is 0 Å². The van der Waals surface area contributed by atoms with Crippen LogP contribution < -0.4 is 0 Å². The Kier molecular flexibility index (Phi) is 11.2. The third-order valence-corrected chi connectivity index (χ3v) is 10.2. The van der Waals surface area contributed by atoms with Gasteiger partial charge in [0.05, 0.1) is 5.41 Å². The van der Waals surface area contributed by atoms with E-state index in [4.69, 9.17) is 0 Å². The molecule has 1 aliphatic heterocycles. The van der Waals surface area contributed by atoms with Gasteiger partial charge in [-0.05, 0) is 73.9 Å². The van der Waals surface area contributed by atoms with Crippen LogP contribution in [0.15, 0.2) is 47.4 Å². The van der Waals surface area contributed by atoms with Crippen molar-refractivity contribution in [1.29, 1.82) is 0 Å². The third kappa shape index (κ3) is 8.32. The molecule has 0 saturated carbocycles. The fourth-order valence-electron chi connectivity index (χ4n) is 5.96. The molecule has 3 unspecified atom stereocenters. The third-order valence-electron chi connectivity index (χ3n) is 8.82. The molecular formula is C32H41F5O4S. The van der Waals surface area contributed by atoms with Gasteiger partial charge in [-0.15, -0.1) is 11.8 Å². The minimum Gasteiger partial charge on any atom is -0.508 e. The molecular weight excluding hydrogens is 575 g/mol. The van der Waals surface area contributed by atoms with E-state index in [1.165, 1.54) is 12.5 Å².